The summed E-state index contributed by atoms with van der Waals surface area (Å²) in [6.07, 6.45) is 1.66. The van der Waals surface area contributed by atoms with Gasteiger partial charge in [0.05, 0.1) is 12.7 Å². The summed E-state index contributed by atoms with van der Waals surface area (Å²) in [5.41, 5.74) is 0.528. The number of esters is 1. The van der Waals surface area contributed by atoms with E-state index in [1.807, 2.05) is 45.2 Å². The largest absolute Gasteiger partial charge is 0.462 e. The number of nitrogens with zero attached hydrogens (tertiary/aromatic N) is 1. The summed E-state index contributed by atoms with van der Waals surface area (Å²) in [6, 6.07) is 11.5. The normalized spacial score (nSPS) is 27.8. The maximum Gasteiger partial charge on any atom is 0.459 e. The van der Waals surface area contributed by atoms with Crippen molar-refractivity contribution < 1.29 is 37.4 Å². The third-order valence-electron chi connectivity index (χ3n) is 6.77. The second kappa shape index (κ2) is 10.9. The van der Waals surface area contributed by atoms with Crippen molar-refractivity contribution in [3.63, 3.8) is 0 Å². The Balaban J connectivity index is 1.41. The van der Waals surface area contributed by atoms with E-state index in [-0.39, 0.29) is 12.7 Å². The van der Waals surface area contributed by atoms with Crippen molar-refractivity contribution in [2.45, 2.75) is 83.4 Å². The van der Waals surface area contributed by atoms with E-state index in [9.17, 15) is 9.36 Å². The Morgan fingerprint density at radius 3 is 2.58 bits per heavy atom. The molecule has 2 aliphatic heterocycles. The van der Waals surface area contributed by atoms with Gasteiger partial charge in [-0.3, -0.25) is 9.32 Å². The molecule has 2 aromatic heterocycles. The zero-order chi connectivity index (χ0) is 28.7. The number of fused-ring (bicyclic) bond motifs is 2. The third kappa shape index (κ3) is 5.95. The molecule has 6 atom stereocenters. The Hall–Kier alpha value is -2.79. The number of aromatic amines is 1. The fourth-order valence-electron chi connectivity index (χ4n) is 5.04. The van der Waals surface area contributed by atoms with E-state index in [4.69, 9.17) is 28.0 Å². The summed E-state index contributed by atoms with van der Waals surface area (Å²) in [5, 5.41) is 3.63. The van der Waals surface area contributed by atoms with E-state index < -0.39 is 49.5 Å². The van der Waals surface area contributed by atoms with E-state index in [0.717, 1.165) is 16.6 Å². The molecule has 0 bridgehead atoms. The van der Waals surface area contributed by atoms with Gasteiger partial charge in [-0.15, -0.1) is 0 Å². The molecule has 5 rings (SSSR count). The van der Waals surface area contributed by atoms with Crippen LogP contribution in [0, 0.1) is 0 Å². The highest BCUT2D eigenvalue weighted by Crippen LogP contribution is 2.53. The summed E-state index contributed by atoms with van der Waals surface area (Å²) in [7, 11) is -4.12. The lowest BCUT2D eigenvalue weighted by atomic mass is 9.95. The van der Waals surface area contributed by atoms with Crippen LogP contribution >= 0.6 is 7.75 Å². The molecule has 1 aromatic carbocycles. The fourth-order valence-corrected chi connectivity index (χ4v) is 6.63. The van der Waals surface area contributed by atoms with E-state index in [0.29, 0.717) is 5.75 Å². The molecule has 2 N–H and O–H groups in total. The first-order valence-electron chi connectivity index (χ1n) is 13.3. The second-order valence-corrected chi connectivity index (χ2v) is 12.7. The quantitative estimate of drug-likeness (QED) is 0.251. The van der Waals surface area contributed by atoms with Gasteiger partial charge in [-0.25, -0.2) is 9.55 Å². The van der Waals surface area contributed by atoms with Gasteiger partial charge >= 0.3 is 13.7 Å². The summed E-state index contributed by atoms with van der Waals surface area (Å²) in [4.78, 5) is 20.0. The van der Waals surface area contributed by atoms with Crippen LogP contribution in [0.15, 0.2) is 54.9 Å². The van der Waals surface area contributed by atoms with Gasteiger partial charge in [0.1, 0.15) is 41.4 Å². The smallest absolute Gasteiger partial charge is 0.459 e. The third-order valence-corrected chi connectivity index (χ3v) is 8.40. The summed E-state index contributed by atoms with van der Waals surface area (Å²) < 4.78 is 50.4. The highest BCUT2D eigenvalue weighted by Gasteiger charge is 2.62. The van der Waals surface area contributed by atoms with Gasteiger partial charge < -0.3 is 28.5 Å². The lowest BCUT2D eigenvalue weighted by Gasteiger charge is -2.33. The van der Waals surface area contributed by atoms with Gasteiger partial charge in [0.2, 0.25) is 0 Å². The molecule has 0 spiro atoms. The molecule has 2 saturated heterocycles. The minimum Gasteiger partial charge on any atom is -0.462 e. The average Bonchev–Trinajstić information content (AvgIpc) is 3.56. The van der Waals surface area contributed by atoms with Crippen LogP contribution in [0.25, 0.3) is 11.0 Å². The van der Waals surface area contributed by atoms with Crippen LogP contribution in [-0.2, 0) is 32.8 Å². The van der Waals surface area contributed by atoms with Crippen LogP contribution in [-0.4, -0.2) is 58.3 Å². The first-order valence-corrected chi connectivity index (χ1v) is 14.9. The van der Waals surface area contributed by atoms with Crippen LogP contribution < -0.4 is 9.61 Å². The van der Waals surface area contributed by atoms with Gasteiger partial charge in [0.25, 0.3) is 0 Å². The Morgan fingerprint density at radius 1 is 1.10 bits per heavy atom. The van der Waals surface area contributed by atoms with E-state index in [1.54, 1.807) is 44.3 Å². The van der Waals surface area contributed by atoms with Gasteiger partial charge in [-0.2, -0.15) is 5.09 Å². The van der Waals surface area contributed by atoms with Crippen molar-refractivity contribution in [1.82, 2.24) is 15.1 Å². The Morgan fingerprint density at radius 2 is 1.85 bits per heavy atom. The minimum atomic E-state index is -4.12. The van der Waals surface area contributed by atoms with Crippen molar-refractivity contribution in [1.29, 1.82) is 0 Å². The number of rotatable bonds is 10. The molecule has 12 heteroatoms. The molecule has 0 radical (unpaired) electrons. The maximum absolute atomic E-state index is 14.1. The van der Waals surface area contributed by atoms with E-state index in [1.165, 1.54) is 6.92 Å². The molecule has 2 fully saturated rings. The predicted octanol–water partition coefficient (Wildman–Crippen LogP) is 5.05. The van der Waals surface area contributed by atoms with Gasteiger partial charge in [0.15, 0.2) is 5.79 Å². The van der Waals surface area contributed by atoms with Crippen LogP contribution in [0.3, 0.4) is 0 Å². The van der Waals surface area contributed by atoms with E-state index >= 15 is 0 Å². The zero-order valence-electron chi connectivity index (χ0n) is 23.5. The molecule has 2 aliphatic rings. The zero-order valence-corrected chi connectivity index (χ0v) is 24.3. The molecule has 216 valence electrons. The topological polar surface area (TPSA) is 130 Å². The van der Waals surface area contributed by atoms with Gasteiger partial charge in [-0.1, -0.05) is 18.2 Å². The Bertz CT molecular complexity index is 1400. The number of ether oxygens (including phenoxy) is 4. The number of H-pyrrole nitrogens is 1. The number of carbonyl (C=O) groups excluding carboxylic acids is 1. The highest BCUT2D eigenvalue weighted by atomic mass is 31.2. The summed E-state index contributed by atoms with van der Waals surface area (Å²) in [6.45, 7) is 10.3. The van der Waals surface area contributed by atoms with Gasteiger partial charge in [-0.05, 0) is 71.4 Å². The number of aromatic nitrogens is 2. The number of para-hydroxylation sites is 1. The Labute approximate surface area is 233 Å². The van der Waals surface area contributed by atoms with Crippen LogP contribution in [0.1, 0.15) is 53.2 Å². The molecule has 4 heterocycles. The molecule has 40 heavy (non-hydrogen) atoms. The first-order chi connectivity index (χ1) is 18.9. The molecular formula is C28H36N3O8P. The standard InChI is InChI=1S/C28H36N3O8P/c1-17(2)35-26(32)18(3)31-40(33,39-19-10-8-7-9-11-19)34-16-28(6)24-23(36-27(4,5)38-24)22(37-28)20-12-14-29-25-21(20)13-15-30-25/h7-15,17-18,22-24H,16H2,1-6H3,(H,29,30)(H,31,33)/t18-,22-,23-,24-,28+,40-/m0/s1. The minimum absolute atomic E-state index is 0.186. The maximum atomic E-state index is 14.1. The molecule has 0 aliphatic carbocycles. The fraction of sp³-hybridized carbons (Fsp3) is 0.500. The average molecular weight is 574 g/mol. The monoisotopic (exact) mass is 573 g/mol. The molecular weight excluding hydrogens is 537 g/mol. The molecule has 0 amide bonds. The van der Waals surface area contributed by atoms with E-state index in [2.05, 4.69) is 15.1 Å². The molecule has 0 unspecified atom stereocenters. The van der Waals surface area contributed by atoms with Gasteiger partial charge in [0, 0.05) is 17.8 Å². The second-order valence-electron chi connectivity index (χ2n) is 11.0. The lowest BCUT2D eigenvalue weighted by molar-refractivity contribution is -0.211. The highest BCUT2D eigenvalue weighted by molar-refractivity contribution is 7.52. The first kappa shape index (κ1) is 28.7. The van der Waals surface area contributed by atoms with Crippen LogP contribution in [0.5, 0.6) is 5.75 Å². The van der Waals surface area contributed by atoms with Crippen molar-refractivity contribution in [2.75, 3.05) is 6.61 Å². The number of benzene rings is 1. The predicted molar refractivity (Wildman–Crippen MR) is 147 cm³/mol. The van der Waals surface area contributed by atoms with Crippen molar-refractivity contribution in [3.05, 3.63) is 60.4 Å². The molecule has 11 nitrogen and oxygen atoms in total. The number of carbonyl (C=O) groups is 1. The number of hydrogen-bond acceptors (Lipinski definition) is 9. The lowest BCUT2D eigenvalue weighted by Crippen LogP contribution is -2.45. The van der Waals surface area contributed by atoms with Crippen LogP contribution in [0.4, 0.5) is 0 Å². The van der Waals surface area contributed by atoms with Crippen molar-refractivity contribution >= 4 is 24.7 Å². The van der Waals surface area contributed by atoms with Crippen molar-refractivity contribution in [2.24, 2.45) is 0 Å². The summed E-state index contributed by atoms with van der Waals surface area (Å²) in [5.74, 6) is -1.15. The molecule has 0 saturated carbocycles. The number of hydrogen-bond donors (Lipinski definition) is 2. The molecule has 3 aromatic rings. The summed E-state index contributed by atoms with van der Waals surface area (Å²) >= 11 is 0. The Kier molecular flexibility index (Phi) is 7.82. The SMILES string of the molecule is CC(C)OC(=O)[C@H](C)N[P@](=O)(OC[C@@]1(C)O[C@@H](c2ccnc3[nH]ccc23)[C@@H]2OC(C)(C)O[C@@H]21)Oc1ccccc1. The number of pyridine rings is 1. The van der Waals surface area contributed by atoms with Crippen molar-refractivity contribution in [3.8, 4) is 5.75 Å². The van der Waals surface area contributed by atoms with Crippen LogP contribution in [0.2, 0.25) is 0 Å². The number of nitrogens with one attached hydrogen (secondary N) is 2.